The van der Waals surface area contributed by atoms with Crippen molar-refractivity contribution in [2.75, 3.05) is 10.6 Å². The van der Waals surface area contributed by atoms with E-state index in [1.54, 1.807) is 62.4 Å². The molecular weight excluding hydrogens is 384 g/mol. The smallest absolute Gasteiger partial charge is 0.329 e. The van der Waals surface area contributed by atoms with Gasteiger partial charge in [0.15, 0.2) is 6.10 Å². The Morgan fingerprint density at radius 2 is 1.57 bits per heavy atom. The van der Waals surface area contributed by atoms with Crippen molar-refractivity contribution in [2.24, 2.45) is 5.92 Å². The van der Waals surface area contributed by atoms with Crippen LogP contribution < -0.4 is 16.0 Å². The second-order valence-electron chi connectivity index (χ2n) is 6.91. The molecule has 2 aromatic carbocycles. The summed E-state index contributed by atoms with van der Waals surface area (Å²) in [7, 11) is 0. The third kappa shape index (κ3) is 6.34. The highest BCUT2D eigenvalue weighted by Crippen LogP contribution is 2.15. The number of para-hydroxylation sites is 2. The summed E-state index contributed by atoms with van der Waals surface area (Å²) in [6, 6.07) is 15.8. The highest BCUT2D eigenvalue weighted by atomic mass is 16.5. The zero-order valence-electron chi connectivity index (χ0n) is 17.0. The number of nitrogens with zero attached hydrogens (tertiary/aromatic N) is 1. The van der Waals surface area contributed by atoms with E-state index in [9.17, 15) is 14.4 Å². The molecule has 0 saturated heterocycles. The van der Waals surface area contributed by atoms with Gasteiger partial charge in [0.25, 0.3) is 5.91 Å². The molecule has 0 heterocycles. The number of nitrogens with one attached hydrogen (secondary N) is 3. The Hall–Kier alpha value is -3.86. The SMILES string of the molecule is CC(C)[C@@H](NC(=O)Nc1ccccc1)C(=O)O[C@@H](C)C(=O)Nc1ccccc1C#N. The summed E-state index contributed by atoms with van der Waals surface area (Å²) in [5.74, 6) is -1.58. The van der Waals surface area contributed by atoms with Gasteiger partial charge in [0, 0.05) is 5.69 Å². The van der Waals surface area contributed by atoms with E-state index in [0.717, 1.165) is 0 Å². The highest BCUT2D eigenvalue weighted by molar-refractivity contribution is 5.97. The maximum Gasteiger partial charge on any atom is 0.329 e. The normalized spacial score (nSPS) is 12.2. The fraction of sp³-hybridized carbons (Fsp3) is 0.273. The maximum atomic E-state index is 12.6. The van der Waals surface area contributed by atoms with Crippen molar-refractivity contribution >= 4 is 29.3 Å². The molecule has 0 aliphatic carbocycles. The lowest BCUT2D eigenvalue weighted by Gasteiger charge is -2.23. The van der Waals surface area contributed by atoms with E-state index >= 15 is 0 Å². The van der Waals surface area contributed by atoms with Crippen LogP contribution in [0.25, 0.3) is 0 Å². The Bertz CT molecular complexity index is 938. The Balaban J connectivity index is 1.97. The minimum Gasteiger partial charge on any atom is -0.451 e. The summed E-state index contributed by atoms with van der Waals surface area (Å²) in [5.41, 5.74) is 1.20. The number of anilines is 2. The van der Waals surface area contributed by atoms with Crippen LogP contribution >= 0.6 is 0 Å². The van der Waals surface area contributed by atoms with Gasteiger partial charge in [0.05, 0.1) is 11.3 Å². The van der Waals surface area contributed by atoms with Crippen LogP contribution in [0.4, 0.5) is 16.2 Å². The first-order valence-corrected chi connectivity index (χ1v) is 9.45. The third-order valence-electron chi connectivity index (χ3n) is 4.21. The average Bonchev–Trinajstić information content (AvgIpc) is 2.72. The van der Waals surface area contributed by atoms with Crippen molar-refractivity contribution in [3.63, 3.8) is 0 Å². The maximum absolute atomic E-state index is 12.6. The van der Waals surface area contributed by atoms with Crippen LogP contribution in [0, 0.1) is 17.2 Å². The number of hydrogen-bond acceptors (Lipinski definition) is 5. The molecule has 30 heavy (non-hydrogen) atoms. The van der Waals surface area contributed by atoms with Gasteiger partial charge < -0.3 is 20.7 Å². The van der Waals surface area contributed by atoms with Crippen molar-refractivity contribution in [3.8, 4) is 6.07 Å². The van der Waals surface area contributed by atoms with Gasteiger partial charge in [-0.2, -0.15) is 5.26 Å². The lowest BCUT2D eigenvalue weighted by atomic mass is 10.0. The fourth-order valence-electron chi connectivity index (χ4n) is 2.55. The fourth-order valence-corrected chi connectivity index (χ4v) is 2.55. The molecule has 8 nitrogen and oxygen atoms in total. The number of urea groups is 1. The van der Waals surface area contributed by atoms with E-state index in [0.29, 0.717) is 16.9 Å². The summed E-state index contributed by atoms with van der Waals surface area (Å²) in [5, 5.41) is 16.9. The van der Waals surface area contributed by atoms with E-state index in [1.165, 1.54) is 6.92 Å². The van der Waals surface area contributed by atoms with Crippen LogP contribution in [0.2, 0.25) is 0 Å². The lowest BCUT2D eigenvalue weighted by Crippen LogP contribution is -2.48. The molecule has 2 atom stereocenters. The second kappa shape index (κ2) is 10.6. The summed E-state index contributed by atoms with van der Waals surface area (Å²) in [6.07, 6.45) is -1.12. The standard InChI is InChI=1S/C22H24N4O4/c1-14(2)19(26-22(29)24-17-10-5-4-6-11-17)21(28)30-15(3)20(27)25-18-12-8-7-9-16(18)13-23/h4-12,14-15,19H,1-3H3,(H,25,27)(H2,24,26,29)/t15-,19+/m0/s1. The molecule has 8 heteroatoms. The number of amides is 3. The van der Waals surface area contributed by atoms with Gasteiger partial charge in [-0.25, -0.2) is 9.59 Å². The van der Waals surface area contributed by atoms with E-state index < -0.39 is 30.1 Å². The Kier molecular flexibility index (Phi) is 7.94. The summed E-state index contributed by atoms with van der Waals surface area (Å²) < 4.78 is 5.26. The van der Waals surface area contributed by atoms with Crippen LogP contribution in [0.15, 0.2) is 54.6 Å². The van der Waals surface area contributed by atoms with Crippen molar-refractivity contribution in [2.45, 2.75) is 32.9 Å². The molecule has 0 bridgehead atoms. The Morgan fingerprint density at radius 1 is 0.933 bits per heavy atom. The number of rotatable bonds is 7. The topological polar surface area (TPSA) is 120 Å². The van der Waals surface area contributed by atoms with Gasteiger partial charge in [0.2, 0.25) is 0 Å². The molecule has 0 aliphatic heterocycles. The van der Waals surface area contributed by atoms with Gasteiger partial charge in [-0.15, -0.1) is 0 Å². The summed E-state index contributed by atoms with van der Waals surface area (Å²) in [6.45, 7) is 4.93. The third-order valence-corrected chi connectivity index (χ3v) is 4.21. The molecule has 2 rings (SSSR count). The molecule has 0 spiro atoms. The lowest BCUT2D eigenvalue weighted by molar-refractivity contribution is -0.156. The number of carbonyl (C=O) groups excluding carboxylic acids is 3. The van der Waals surface area contributed by atoms with Crippen LogP contribution in [0.5, 0.6) is 0 Å². The van der Waals surface area contributed by atoms with E-state index in [4.69, 9.17) is 10.00 Å². The molecule has 156 valence electrons. The van der Waals surface area contributed by atoms with Crippen molar-refractivity contribution in [1.29, 1.82) is 5.26 Å². The van der Waals surface area contributed by atoms with Gasteiger partial charge >= 0.3 is 12.0 Å². The number of carbonyl (C=O) groups is 3. The number of nitriles is 1. The summed E-state index contributed by atoms with van der Waals surface area (Å²) in [4.78, 5) is 37.2. The first kappa shape index (κ1) is 22.4. The molecule has 0 fully saturated rings. The number of esters is 1. The highest BCUT2D eigenvalue weighted by Gasteiger charge is 2.29. The van der Waals surface area contributed by atoms with Gasteiger partial charge in [-0.05, 0) is 37.1 Å². The molecule has 0 aromatic heterocycles. The molecule has 3 amide bonds. The first-order valence-electron chi connectivity index (χ1n) is 9.45. The van der Waals surface area contributed by atoms with Crippen molar-refractivity contribution in [1.82, 2.24) is 5.32 Å². The Morgan fingerprint density at radius 3 is 2.20 bits per heavy atom. The van der Waals surface area contributed by atoms with Crippen molar-refractivity contribution < 1.29 is 19.1 Å². The largest absolute Gasteiger partial charge is 0.451 e. The summed E-state index contributed by atoms with van der Waals surface area (Å²) >= 11 is 0. The molecule has 0 saturated carbocycles. The predicted molar refractivity (Wildman–Crippen MR) is 113 cm³/mol. The zero-order chi connectivity index (χ0) is 22.1. The minimum absolute atomic E-state index is 0.270. The minimum atomic E-state index is -1.12. The monoisotopic (exact) mass is 408 g/mol. The van der Waals surface area contributed by atoms with E-state index in [2.05, 4.69) is 16.0 Å². The average molecular weight is 408 g/mol. The van der Waals surface area contributed by atoms with E-state index in [-0.39, 0.29) is 5.92 Å². The second-order valence-corrected chi connectivity index (χ2v) is 6.91. The van der Waals surface area contributed by atoms with Crippen LogP contribution in [0.1, 0.15) is 26.3 Å². The van der Waals surface area contributed by atoms with Gasteiger partial charge in [0.1, 0.15) is 12.1 Å². The quantitative estimate of drug-likeness (QED) is 0.607. The zero-order valence-corrected chi connectivity index (χ0v) is 17.0. The number of ether oxygens (including phenoxy) is 1. The molecule has 0 unspecified atom stereocenters. The molecule has 0 aliphatic rings. The van der Waals surface area contributed by atoms with E-state index in [1.807, 2.05) is 12.1 Å². The molecular formula is C22H24N4O4. The first-order chi connectivity index (χ1) is 14.3. The van der Waals surface area contributed by atoms with Crippen molar-refractivity contribution in [3.05, 3.63) is 60.2 Å². The number of hydrogen-bond donors (Lipinski definition) is 3. The van der Waals surface area contributed by atoms with Crippen LogP contribution in [-0.4, -0.2) is 30.1 Å². The molecule has 2 aromatic rings. The number of benzene rings is 2. The van der Waals surface area contributed by atoms with Crippen LogP contribution in [0.3, 0.4) is 0 Å². The Labute approximate surface area is 175 Å². The van der Waals surface area contributed by atoms with Gasteiger partial charge in [-0.1, -0.05) is 44.2 Å². The van der Waals surface area contributed by atoms with Gasteiger partial charge in [-0.3, -0.25) is 4.79 Å². The molecule has 3 N–H and O–H groups in total. The predicted octanol–water partition coefficient (Wildman–Crippen LogP) is 3.27. The van der Waals surface area contributed by atoms with Crippen LogP contribution in [-0.2, 0) is 14.3 Å². The molecule has 0 radical (unpaired) electrons.